The topological polar surface area (TPSA) is 133 Å². The van der Waals surface area contributed by atoms with Crippen LogP contribution < -0.4 is 31.9 Å². The molecule has 1 aliphatic rings. The SMILES string of the molecule is Oc1c(Cl)cc(NC(=S)NC2CCCCC2)cc1Cl.Oc1c(Cl)cc(NC(=S)Nc2ccc(C(F)(F)F)cc2)cc1Cl.Oc1c(Cl)cc(NC(=S)Nc2ccccc2C(F)(F)F)cc1Cl. The fraction of sp³-hybridized carbons (Fsp3) is 0.195. The molecule has 5 aromatic rings. The van der Waals surface area contributed by atoms with Crippen molar-refractivity contribution < 1.29 is 41.7 Å². The highest BCUT2D eigenvalue weighted by atomic mass is 35.5. The number of hydrogen-bond acceptors (Lipinski definition) is 6. The van der Waals surface area contributed by atoms with Crippen LogP contribution in [-0.2, 0) is 12.4 Å². The van der Waals surface area contributed by atoms with E-state index in [1.165, 1.54) is 73.9 Å². The van der Waals surface area contributed by atoms with E-state index in [-0.39, 0.29) is 63.3 Å². The van der Waals surface area contributed by atoms with Crippen molar-refractivity contribution in [2.24, 2.45) is 0 Å². The molecule has 0 bridgehead atoms. The van der Waals surface area contributed by atoms with Crippen LogP contribution in [0.15, 0.2) is 84.9 Å². The normalized spacial score (nSPS) is 12.6. The van der Waals surface area contributed by atoms with Gasteiger partial charge in [0.05, 0.1) is 47.0 Å². The summed E-state index contributed by atoms with van der Waals surface area (Å²) in [6, 6.07) is 18.5. The summed E-state index contributed by atoms with van der Waals surface area (Å²) in [7, 11) is 0. The molecule has 0 atom stereocenters. The number of aromatic hydroxyl groups is 3. The number of phenolic OH excluding ortho intramolecular Hbond substituents is 3. The number of anilines is 5. The van der Waals surface area contributed by atoms with Gasteiger partial charge in [0.2, 0.25) is 0 Å². The lowest BCUT2D eigenvalue weighted by molar-refractivity contribution is -0.138. The Balaban J connectivity index is 0.000000215. The van der Waals surface area contributed by atoms with Gasteiger partial charge in [0, 0.05) is 28.8 Å². The minimum atomic E-state index is -4.51. The molecule has 1 aliphatic carbocycles. The molecule has 65 heavy (non-hydrogen) atoms. The summed E-state index contributed by atoms with van der Waals surface area (Å²) >= 11 is 50.1. The van der Waals surface area contributed by atoms with E-state index >= 15 is 0 Å². The molecule has 0 aromatic heterocycles. The molecule has 24 heteroatoms. The van der Waals surface area contributed by atoms with Crippen molar-refractivity contribution in [1.29, 1.82) is 0 Å². The van der Waals surface area contributed by atoms with Gasteiger partial charge >= 0.3 is 12.4 Å². The third kappa shape index (κ3) is 16.9. The minimum absolute atomic E-state index is 0.0153. The van der Waals surface area contributed by atoms with Crippen molar-refractivity contribution in [3.8, 4) is 17.2 Å². The van der Waals surface area contributed by atoms with Crippen molar-refractivity contribution >= 4 is 150 Å². The monoisotopic (exact) mass is 1080 g/mol. The van der Waals surface area contributed by atoms with Crippen LogP contribution in [0.2, 0.25) is 30.1 Å². The first-order valence-corrected chi connectivity index (χ1v) is 22.0. The van der Waals surface area contributed by atoms with Crippen LogP contribution in [0, 0.1) is 0 Å². The maximum Gasteiger partial charge on any atom is 0.418 e. The molecule has 9 N–H and O–H groups in total. The minimum Gasteiger partial charge on any atom is -0.505 e. The number of nitrogens with one attached hydrogen (secondary N) is 6. The van der Waals surface area contributed by atoms with Crippen LogP contribution in [0.3, 0.4) is 0 Å². The average Bonchev–Trinajstić information content (AvgIpc) is 3.21. The molecular formula is C41H34Cl6F6N6O3S3. The van der Waals surface area contributed by atoms with E-state index in [9.17, 15) is 41.7 Å². The summed E-state index contributed by atoms with van der Waals surface area (Å²) in [6.07, 6.45) is -2.80. The van der Waals surface area contributed by atoms with Gasteiger partial charge in [-0.15, -0.1) is 0 Å². The van der Waals surface area contributed by atoms with Gasteiger partial charge in [-0.05, 0) is 122 Å². The predicted molar refractivity (Wildman–Crippen MR) is 263 cm³/mol. The Kier molecular flexibility index (Phi) is 19.8. The number of hydrogen-bond donors (Lipinski definition) is 9. The molecule has 0 radical (unpaired) electrons. The fourth-order valence-corrected chi connectivity index (χ4v) is 7.88. The van der Waals surface area contributed by atoms with Crippen LogP contribution in [0.5, 0.6) is 17.2 Å². The molecular weight excluding hydrogens is 1050 g/mol. The maximum atomic E-state index is 12.9. The number of rotatable bonds is 6. The van der Waals surface area contributed by atoms with E-state index in [1.807, 2.05) is 0 Å². The van der Waals surface area contributed by atoms with Gasteiger partial charge in [0.25, 0.3) is 0 Å². The van der Waals surface area contributed by atoms with Gasteiger partial charge in [-0.25, -0.2) is 0 Å². The number of para-hydroxylation sites is 1. The van der Waals surface area contributed by atoms with E-state index in [1.54, 1.807) is 12.1 Å². The average molecular weight is 1080 g/mol. The number of halogens is 12. The smallest absolute Gasteiger partial charge is 0.418 e. The quantitative estimate of drug-likeness (QED) is 0.0456. The first-order valence-electron chi connectivity index (χ1n) is 18.5. The highest BCUT2D eigenvalue weighted by molar-refractivity contribution is 7.81. The van der Waals surface area contributed by atoms with Crippen molar-refractivity contribution in [3.63, 3.8) is 0 Å². The Morgan fingerprint density at radius 2 is 0.846 bits per heavy atom. The van der Waals surface area contributed by atoms with Crippen molar-refractivity contribution in [1.82, 2.24) is 5.32 Å². The predicted octanol–water partition coefficient (Wildman–Crippen LogP) is 15.4. The first-order chi connectivity index (χ1) is 30.4. The molecule has 5 aromatic carbocycles. The number of alkyl halides is 6. The highest BCUT2D eigenvalue weighted by Gasteiger charge is 2.33. The molecule has 1 fully saturated rings. The number of phenols is 3. The lowest BCUT2D eigenvalue weighted by Crippen LogP contribution is -2.38. The summed E-state index contributed by atoms with van der Waals surface area (Å²) in [4.78, 5) is 0. The van der Waals surface area contributed by atoms with E-state index in [0.717, 1.165) is 31.0 Å². The molecule has 0 aliphatic heterocycles. The van der Waals surface area contributed by atoms with E-state index < -0.39 is 23.5 Å². The molecule has 0 unspecified atom stereocenters. The van der Waals surface area contributed by atoms with Gasteiger partial charge in [0.1, 0.15) is 0 Å². The lowest BCUT2D eigenvalue weighted by Gasteiger charge is -2.24. The fourth-order valence-electron chi connectivity index (χ4n) is 5.67. The number of thiocarbonyl (C=S) groups is 3. The molecule has 6 rings (SSSR count). The van der Waals surface area contributed by atoms with E-state index in [4.69, 9.17) is 106 Å². The Morgan fingerprint density at radius 1 is 0.477 bits per heavy atom. The maximum absolute atomic E-state index is 12.9. The summed E-state index contributed by atoms with van der Waals surface area (Å²) in [5.41, 5.74) is 0.00741. The lowest BCUT2D eigenvalue weighted by atomic mass is 9.96. The van der Waals surface area contributed by atoms with Gasteiger partial charge in [-0.2, -0.15) is 26.3 Å². The van der Waals surface area contributed by atoms with Crippen LogP contribution in [0.4, 0.5) is 54.8 Å². The zero-order valence-electron chi connectivity index (χ0n) is 32.8. The van der Waals surface area contributed by atoms with Crippen LogP contribution in [-0.4, -0.2) is 36.7 Å². The Morgan fingerprint density at radius 3 is 1.25 bits per heavy atom. The van der Waals surface area contributed by atoms with Crippen LogP contribution >= 0.6 is 106 Å². The summed E-state index contributed by atoms with van der Waals surface area (Å²) < 4.78 is 76.2. The summed E-state index contributed by atoms with van der Waals surface area (Å²) in [5.74, 6) is -0.652. The van der Waals surface area contributed by atoms with E-state index in [0.29, 0.717) is 33.9 Å². The Hall–Kier alpha value is -4.11. The van der Waals surface area contributed by atoms with Crippen molar-refractivity contribution in [2.75, 3.05) is 26.6 Å². The molecule has 348 valence electrons. The molecule has 0 heterocycles. The second-order valence-corrected chi connectivity index (χ2v) is 17.2. The van der Waals surface area contributed by atoms with Crippen LogP contribution in [0.1, 0.15) is 43.2 Å². The van der Waals surface area contributed by atoms with Gasteiger partial charge in [-0.1, -0.05) is 101 Å². The molecule has 0 amide bonds. The molecule has 0 spiro atoms. The van der Waals surface area contributed by atoms with E-state index in [2.05, 4.69) is 31.9 Å². The zero-order chi connectivity index (χ0) is 48.2. The van der Waals surface area contributed by atoms with Gasteiger partial charge in [-0.3, -0.25) is 0 Å². The third-order valence-corrected chi connectivity index (χ3v) is 11.1. The summed E-state index contributed by atoms with van der Waals surface area (Å²) in [5, 5.41) is 46.4. The van der Waals surface area contributed by atoms with Crippen molar-refractivity contribution in [2.45, 2.75) is 50.5 Å². The van der Waals surface area contributed by atoms with Gasteiger partial charge < -0.3 is 47.2 Å². The molecule has 9 nitrogen and oxygen atoms in total. The standard InChI is InChI=1S/2C14H9Cl2F3N2OS.C13H16Cl2N2OS/c15-10-5-9(6-11(16)12(10)22)21-13(23)20-8-3-1-7(2-4-8)14(17,18)19;15-9-5-7(6-10(16)12(9)22)20-13(23)21-11-4-2-1-3-8(11)14(17,18)19;14-10-6-9(7-11(15)12(10)18)17-13(19)16-8-4-2-1-3-5-8/h2*1-6,22H,(H2,20,21,23);6-8,18H,1-5H2,(H2,16,17,19). The summed E-state index contributed by atoms with van der Waals surface area (Å²) in [6.45, 7) is 0. The second kappa shape index (κ2) is 24.1. The second-order valence-electron chi connectivity index (χ2n) is 13.6. The molecule has 0 saturated heterocycles. The van der Waals surface area contributed by atoms with Gasteiger partial charge in [0.15, 0.2) is 32.6 Å². The van der Waals surface area contributed by atoms with Crippen molar-refractivity contribution in [3.05, 3.63) is 126 Å². The van der Waals surface area contributed by atoms with Crippen LogP contribution in [0.25, 0.3) is 0 Å². The molecule has 1 saturated carbocycles. The highest BCUT2D eigenvalue weighted by Crippen LogP contribution is 2.38. The first kappa shape index (κ1) is 53.5. The largest absolute Gasteiger partial charge is 0.505 e. The Labute approximate surface area is 414 Å². The Bertz CT molecular complexity index is 2430. The zero-order valence-corrected chi connectivity index (χ0v) is 39.8. The number of benzene rings is 5. The third-order valence-electron chi connectivity index (χ3n) is 8.72.